The van der Waals surface area contributed by atoms with Crippen molar-refractivity contribution in [3.05, 3.63) is 125 Å². The van der Waals surface area contributed by atoms with Crippen LogP contribution < -0.4 is 0 Å². The summed E-state index contributed by atoms with van der Waals surface area (Å²) in [5, 5.41) is 3.71. The monoisotopic (exact) mass is 448 g/mol. The third-order valence-electron chi connectivity index (χ3n) is 6.72. The van der Waals surface area contributed by atoms with Gasteiger partial charge in [-0.25, -0.2) is 0 Å². The van der Waals surface area contributed by atoms with Crippen molar-refractivity contribution in [1.29, 1.82) is 0 Å². The number of alkyl halides is 1. The van der Waals surface area contributed by atoms with E-state index in [9.17, 15) is 0 Å². The lowest BCUT2D eigenvalue weighted by molar-refractivity contribution is 0.715. The summed E-state index contributed by atoms with van der Waals surface area (Å²) in [4.78, 5) is 0. The highest BCUT2D eigenvalue weighted by molar-refractivity contribution is 9.09. The Bertz CT molecular complexity index is 1320. The van der Waals surface area contributed by atoms with Crippen LogP contribution in [0.5, 0.6) is 0 Å². The minimum atomic E-state index is -0.126. The lowest BCUT2D eigenvalue weighted by atomic mass is 9.69. The van der Waals surface area contributed by atoms with Gasteiger partial charge in [0.1, 0.15) is 0 Å². The second kappa shape index (κ2) is 6.82. The number of allylic oxidation sites excluding steroid dienone is 4. The Morgan fingerprint density at radius 3 is 2.03 bits per heavy atom. The summed E-state index contributed by atoms with van der Waals surface area (Å²) in [6.45, 7) is 0. The number of hydrogen-bond acceptors (Lipinski definition) is 0. The summed E-state index contributed by atoms with van der Waals surface area (Å²) in [6.07, 6.45) is 3.49. The smallest absolute Gasteiger partial charge is 0.0484 e. The third kappa shape index (κ3) is 2.33. The Morgan fingerprint density at radius 1 is 0.667 bits per heavy atom. The summed E-state index contributed by atoms with van der Waals surface area (Å²) in [6, 6.07) is 35.4. The summed E-state index contributed by atoms with van der Waals surface area (Å²) in [5.41, 5.74) is 9.57. The molecule has 1 unspecified atom stereocenters. The highest BCUT2D eigenvalue weighted by atomic mass is 79.9. The molecule has 0 saturated carbocycles. The minimum absolute atomic E-state index is 0.126. The largest absolute Gasteiger partial charge is 0.0927 e. The van der Waals surface area contributed by atoms with Gasteiger partial charge in [-0.15, -0.1) is 0 Å². The number of fused-ring (bicyclic) bond motifs is 3. The van der Waals surface area contributed by atoms with Gasteiger partial charge in [0.05, 0.1) is 0 Å². The van der Waals surface area contributed by atoms with E-state index in [0.717, 1.165) is 11.8 Å². The zero-order valence-corrected chi connectivity index (χ0v) is 18.2. The van der Waals surface area contributed by atoms with Crippen LogP contribution >= 0.6 is 15.9 Å². The van der Waals surface area contributed by atoms with Gasteiger partial charge in [-0.3, -0.25) is 0 Å². The van der Waals surface area contributed by atoms with Gasteiger partial charge in [0.15, 0.2) is 0 Å². The van der Waals surface area contributed by atoms with Crippen LogP contribution in [0.1, 0.15) is 28.7 Å². The van der Waals surface area contributed by atoms with Crippen LogP contribution in [0.15, 0.2) is 103 Å². The van der Waals surface area contributed by atoms with Gasteiger partial charge in [0.2, 0.25) is 0 Å². The molecule has 1 atom stereocenters. The Hall–Kier alpha value is -2.90. The highest BCUT2D eigenvalue weighted by Gasteiger charge is 2.50. The van der Waals surface area contributed by atoms with Crippen LogP contribution in [-0.4, -0.2) is 5.33 Å². The molecular formula is C29H21Br. The Labute approximate surface area is 185 Å². The summed E-state index contributed by atoms with van der Waals surface area (Å²) >= 11 is 3.81. The number of halogens is 1. The van der Waals surface area contributed by atoms with Crippen molar-refractivity contribution in [2.45, 2.75) is 11.8 Å². The maximum Gasteiger partial charge on any atom is 0.0484 e. The second-order valence-electron chi connectivity index (χ2n) is 8.13. The van der Waals surface area contributed by atoms with Crippen molar-refractivity contribution in [3.8, 4) is 0 Å². The molecule has 0 spiro atoms. The van der Waals surface area contributed by atoms with Crippen molar-refractivity contribution < 1.29 is 0 Å². The molecule has 0 amide bonds. The molecule has 4 aromatic carbocycles. The predicted molar refractivity (Wildman–Crippen MR) is 132 cm³/mol. The van der Waals surface area contributed by atoms with Gasteiger partial charge in [-0.1, -0.05) is 113 Å². The van der Waals surface area contributed by atoms with E-state index >= 15 is 0 Å². The molecular weight excluding hydrogens is 428 g/mol. The molecule has 0 heterocycles. The Morgan fingerprint density at radius 2 is 1.33 bits per heavy atom. The fourth-order valence-electron chi connectivity index (χ4n) is 5.59. The van der Waals surface area contributed by atoms with E-state index < -0.39 is 0 Å². The average Bonchev–Trinajstić information content (AvgIpc) is 3.28. The normalized spacial score (nSPS) is 19.3. The van der Waals surface area contributed by atoms with Gasteiger partial charge in [-0.05, 0) is 62.2 Å². The molecule has 2 aliphatic rings. The average molecular weight is 449 g/mol. The molecule has 2 aliphatic carbocycles. The number of benzene rings is 4. The van der Waals surface area contributed by atoms with E-state index in [0.29, 0.717) is 0 Å². The van der Waals surface area contributed by atoms with Crippen LogP contribution in [0.3, 0.4) is 0 Å². The van der Waals surface area contributed by atoms with Crippen molar-refractivity contribution >= 4 is 43.4 Å². The molecule has 0 radical (unpaired) electrons. The maximum absolute atomic E-state index is 3.81. The molecule has 0 N–H and O–H groups in total. The van der Waals surface area contributed by atoms with Crippen LogP contribution in [0.2, 0.25) is 0 Å². The van der Waals surface area contributed by atoms with Crippen LogP contribution in [-0.2, 0) is 5.41 Å². The maximum atomic E-state index is 3.81. The molecule has 0 bridgehead atoms. The lowest BCUT2D eigenvalue weighted by Crippen LogP contribution is -2.25. The van der Waals surface area contributed by atoms with Gasteiger partial charge in [0.25, 0.3) is 0 Å². The molecule has 0 saturated heterocycles. The number of hydrogen-bond donors (Lipinski definition) is 0. The van der Waals surface area contributed by atoms with E-state index in [1.165, 1.54) is 49.7 Å². The quantitative estimate of drug-likeness (QED) is 0.278. The molecule has 0 aliphatic heterocycles. The van der Waals surface area contributed by atoms with E-state index in [4.69, 9.17) is 0 Å². The standard InChI is InChI=1S/C29H21Br/c30-18-17-29-25-16-8-14-22-13-7-15-23(27(22)25)28(29)24(20-9-3-1-4-10-20)19-26(29)21-11-5-2-6-12-21/h1-16,19H,17-18H2. The van der Waals surface area contributed by atoms with Crippen LogP contribution in [0.4, 0.5) is 0 Å². The first-order valence-electron chi connectivity index (χ1n) is 10.5. The number of rotatable bonds is 4. The van der Waals surface area contributed by atoms with E-state index in [1.807, 2.05) is 0 Å². The van der Waals surface area contributed by atoms with Crippen molar-refractivity contribution in [1.82, 2.24) is 0 Å². The molecule has 6 rings (SSSR count). The summed E-state index contributed by atoms with van der Waals surface area (Å²) in [5.74, 6) is 0. The molecule has 1 heteroatoms. The fraction of sp³-hybridized carbons (Fsp3) is 0.103. The van der Waals surface area contributed by atoms with Gasteiger partial charge in [-0.2, -0.15) is 0 Å². The van der Waals surface area contributed by atoms with E-state index in [2.05, 4.69) is 119 Å². The molecule has 30 heavy (non-hydrogen) atoms. The fourth-order valence-corrected chi connectivity index (χ4v) is 6.19. The van der Waals surface area contributed by atoms with Crippen molar-refractivity contribution in [2.24, 2.45) is 0 Å². The molecule has 4 aromatic rings. The topological polar surface area (TPSA) is 0 Å². The van der Waals surface area contributed by atoms with Gasteiger partial charge in [0, 0.05) is 10.7 Å². The first-order valence-corrected chi connectivity index (χ1v) is 11.6. The highest BCUT2D eigenvalue weighted by Crippen LogP contribution is 2.64. The third-order valence-corrected chi connectivity index (χ3v) is 7.11. The van der Waals surface area contributed by atoms with Crippen molar-refractivity contribution in [3.63, 3.8) is 0 Å². The van der Waals surface area contributed by atoms with E-state index in [1.54, 1.807) is 0 Å². The van der Waals surface area contributed by atoms with Crippen LogP contribution in [0.25, 0.3) is 27.5 Å². The summed E-state index contributed by atoms with van der Waals surface area (Å²) in [7, 11) is 0. The SMILES string of the molecule is BrCCC12C(c3ccccc3)=CC(c3ccccc3)=C1c1cccc3cccc2c13. The predicted octanol–water partition coefficient (Wildman–Crippen LogP) is 7.88. The first kappa shape index (κ1) is 17.9. The van der Waals surface area contributed by atoms with Crippen molar-refractivity contribution in [2.75, 3.05) is 5.33 Å². The van der Waals surface area contributed by atoms with Gasteiger partial charge >= 0.3 is 0 Å². The molecule has 0 fully saturated rings. The Balaban J connectivity index is 1.76. The minimum Gasteiger partial charge on any atom is -0.0927 e. The van der Waals surface area contributed by atoms with Gasteiger partial charge < -0.3 is 0 Å². The molecule has 0 nitrogen and oxygen atoms in total. The zero-order chi connectivity index (χ0) is 20.1. The van der Waals surface area contributed by atoms with Crippen LogP contribution in [0, 0.1) is 0 Å². The molecule has 0 aromatic heterocycles. The molecule has 144 valence electrons. The first-order chi connectivity index (χ1) is 14.8. The summed E-state index contributed by atoms with van der Waals surface area (Å²) < 4.78 is 0. The Kier molecular flexibility index (Phi) is 4.07. The second-order valence-corrected chi connectivity index (χ2v) is 8.93. The van der Waals surface area contributed by atoms with E-state index in [-0.39, 0.29) is 5.41 Å². The lowest BCUT2D eigenvalue weighted by Gasteiger charge is -2.33. The zero-order valence-electron chi connectivity index (χ0n) is 16.6.